The summed E-state index contributed by atoms with van der Waals surface area (Å²) in [7, 11) is 0. The molecule has 1 heterocycles. The number of aromatic nitrogens is 1. The van der Waals surface area contributed by atoms with Gasteiger partial charge in [-0.2, -0.15) is 0 Å². The maximum absolute atomic E-state index is 12.2. The Morgan fingerprint density at radius 2 is 2.10 bits per heavy atom. The molecular formula is C24H30N4O. The largest absolute Gasteiger partial charge is 0.377 e. The smallest absolute Gasteiger partial charge is 0.228 e. The Kier molecular flexibility index (Phi) is 8.34. The number of amides is 1. The molecule has 2 rings (SSSR count). The molecule has 0 bridgehead atoms. The number of nitrogens with one attached hydrogen (secondary N) is 2. The lowest BCUT2D eigenvalue weighted by Gasteiger charge is -2.17. The molecule has 5 nitrogen and oxygen atoms in total. The third kappa shape index (κ3) is 6.71. The van der Waals surface area contributed by atoms with E-state index in [1.165, 1.54) is 0 Å². The second kappa shape index (κ2) is 11.0. The summed E-state index contributed by atoms with van der Waals surface area (Å²) in [5, 5.41) is 6.43. The summed E-state index contributed by atoms with van der Waals surface area (Å²) < 4.78 is 0. The third-order valence-electron chi connectivity index (χ3n) is 4.57. The number of hydrogen-bond donors (Lipinski definition) is 2. The molecule has 0 spiro atoms. The molecule has 1 aromatic carbocycles. The lowest BCUT2D eigenvalue weighted by molar-refractivity contribution is -0.115. The van der Waals surface area contributed by atoms with Gasteiger partial charge in [0.1, 0.15) is 0 Å². The van der Waals surface area contributed by atoms with Crippen molar-refractivity contribution in [2.45, 2.75) is 40.2 Å². The van der Waals surface area contributed by atoms with Crippen molar-refractivity contribution in [1.82, 2.24) is 4.98 Å². The summed E-state index contributed by atoms with van der Waals surface area (Å²) in [5.74, 6) is -0.0556. The van der Waals surface area contributed by atoms with E-state index in [0.717, 1.165) is 40.3 Å². The topological polar surface area (TPSA) is 66.4 Å². The molecule has 1 atom stereocenters. The zero-order valence-corrected chi connectivity index (χ0v) is 17.7. The zero-order chi connectivity index (χ0) is 21.2. The van der Waals surface area contributed by atoms with Crippen LogP contribution in [-0.2, 0) is 4.79 Å². The SMILES string of the molecule is C=C/C(=C\C)CC(=O)Nc1cccc([C@H](C)Nc2cnc(C=NCC)c(C)c2)c1. The van der Waals surface area contributed by atoms with Crippen molar-refractivity contribution in [2.24, 2.45) is 4.99 Å². The molecule has 5 heteroatoms. The van der Waals surface area contributed by atoms with Gasteiger partial charge in [0.05, 0.1) is 24.0 Å². The van der Waals surface area contributed by atoms with Crippen LogP contribution in [0.3, 0.4) is 0 Å². The minimum Gasteiger partial charge on any atom is -0.377 e. The average Bonchev–Trinajstić information content (AvgIpc) is 2.71. The normalized spacial score (nSPS) is 12.6. The molecule has 0 radical (unpaired) electrons. The first-order valence-electron chi connectivity index (χ1n) is 9.87. The molecule has 152 valence electrons. The summed E-state index contributed by atoms with van der Waals surface area (Å²) in [6, 6.07) is 9.99. The Morgan fingerprint density at radius 3 is 2.76 bits per heavy atom. The van der Waals surface area contributed by atoms with Crippen LogP contribution in [0.25, 0.3) is 0 Å². The van der Waals surface area contributed by atoms with Crippen molar-refractivity contribution >= 4 is 23.5 Å². The molecule has 0 saturated heterocycles. The fourth-order valence-corrected chi connectivity index (χ4v) is 2.88. The van der Waals surface area contributed by atoms with Crippen LogP contribution < -0.4 is 10.6 Å². The Hall–Kier alpha value is -3.21. The van der Waals surface area contributed by atoms with E-state index in [1.807, 2.05) is 57.3 Å². The number of aryl methyl sites for hydroxylation is 1. The van der Waals surface area contributed by atoms with Gasteiger partial charge in [-0.15, -0.1) is 0 Å². The first-order chi connectivity index (χ1) is 14.0. The van der Waals surface area contributed by atoms with Crippen LogP contribution in [0.5, 0.6) is 0 Å². The zero-order valence-electron chi connectivity index (χ0n) is 17.7. The summed E-state index contributed by atoms with van der Waals surface area (Å²) >= 11 is 0. The Balaban J connectivity index is 2.06. The van der Waals surface area contributed by atoms with Crippen LogP contribution in [0.1, 0.15) is 50.1 Å². The fourth-order valence-electron chi connectivity index (χ4n) is 2.88. The Morgan fingerprint density at radius 1 is 1.31 bits per heavy atom. The summed E-state index contributed by atoms with van der Waals surface area (Å²) in [4.78, 5) is 21.0. The van der Waals surface area contributed by atoms with Crippen molar-refractivity contribution in [3.63, 3.8) is 0 Å². The quantitative estimate of drug-likeness (QED) is 0.441. The molecular weight excluding hydrogens is 360 g/mol. The van der Waals surface area contributed by atoms with E-state index in [-0.39, 0.29) is 11.9 Å². The van der Waals surface area contributed by atoms with Gasteiger partial charge in [0.2, 0.25) is 5.91 Å². The maximum Gasteiger partial charge on any atom is 0.228 e. The first-order valence-corrected chi connectivity index (χ1v) is 9.87. The fraction of sp³-hybridized carbons (Fsp3) is 0.292. The number of aliphatic imine (C=N–C) groups is 1. The number of benzene rings is 1. The van der Waals surface area contributed by atoms with Crippen molar-refractivity contribution in [3.05, 3.63) is 77.7 Å². The summed E-state index contributed by atoms with van der Waals surface area (Å²) in [5.41, 5.74) is 5.66. The average molecular weight is 391 g/mol. The molecule has 0 aliphatic rings. The number of rotatable bonds is 9. The van der Waals surface area contributed by atoms with Crippen molar-refractivity contribution < 1.29 is 4.79 Å². The molecule has 0 fully saturated rings. The van der Waals surface area contributed by atoms with E-state index < -0.39 is 0 Å². The van der Waals surface area contributed by atoms with E-state index in [0.29, 0.717) is 6.42 Å². The van der Waals surface area contributed by atoms with Gasteiger partial charge in [-0.3, -0.25) is 14.8 Å². The molecule has 2 N–H and O–H groups in total. The van der Waals surface area contributed by atoms with E-state index >= 15 is 0 Å². The van der Waals surface area contributed by atoms with E-state index in [4.69, 9.17) is 0 Å². The first kappa shape index (κ1) is 22.1. The number of allylic oxidation sites excluding steroid dienone is 2. The number of hydrogen-bond acceptors (Lipinski definition) is 4. The Bertz CT molecular complexity index is 915. The van der Waals surface area contributed by atoms with E-state index in [9.17, 15) is 4.79 Å². The molecule has 1 amide bonds. The lowest BCUT2D eigenvalue weighted by Crippen LogP contribution is -2.13. The molecule has 0 unspecified atom stereocenters. The second-order valence-corrected chi connectivity index (χ2v) is 6.84. The van der Waals surface area contributed by atoms with Gasteiger partial charge in [-0.25, -0.2) is 0 Å². The van der Waals surface area contributed by atoms with Gasteiger partial charge >= 0.3 is 0 Å². The molecule has 0 aliphatic heterocycles. The lowest BCUT2D eigenvalue weighted by atomic mass is 10.1. The highest BCUT2D eigenvalue weighted by Crippen LogP contribution is 2.23. The van der Waals surface area contributed by atoms with Crippen molar-refractivity contribution in [2.75, 3.05) is 17.2 Å². The van der Waals surface area contributed by atoms with Crippen LogP contribution in [0, 0.1) is 6.92 Å². The number of nitrogens with zero attached hydrogens (tertiary/aromatic N) is 2. The molecule has 29 heavy (non-hydrogen) atoms. The van der Waals surface area contributed by atoms with Gasteiger partial charge in [0, 0.05) is 24.5 Å². The van der Waals surface area contributed by atoms with Gasteiger partial charge in [0.25, 0.3) is 0 Å². The second-order valence-electron chi connectivity index (χ2n) is 6.84. The minimum atomic E-state index is -0.0556. The monoisotopic (exact) mass is 390 g/mol. The number of carbonyl (C=O) groups excluding carboxylic acids is 1. The van der Waals surface area contributed by atoms with Gasteiger partial charge in [-0.1, -0.05) is 30.9 Å². The maximum atomic E-state index is 12.2. The molecule has 2 aromatic rings. The van der Waals surface area contributed by atoms with Gasteiger partial charge < -0.3 is 10.6 Å². The van der Waals surface area contributed by atoms with E-state index in [1.54, 1.807) is 12.3 Å². The summed E-state index contributed by atoms with van der Waals surface area (Å²) in [6.07, 6.45) is 7.54. The highest BCUT2D eigenvalue weighted by atomic mass is 16.1. The van der Waals surface area contributed by atoms with E-state index in [2.05, 4.69) is 40.2 Å². The van der Waals surface area contributed by atoms with Gasteiger partial charge in [0.15, 0.2) is 0 Å². The number of pyridine rings is 1. The van der Waals surface area contributed by atoms with Crippen LogP contribution in [-0.4, -0.2) is 23.7 Å². The van der Waals surface area contributed by atoms with Crippen LogP contribution in [0.2, 0.25) is 0 Å². The van der Waals surface area contributed by atoms with Crippen LogP contribution in [0.15, 0.2) is 65.8 Å². The molecule has 0 aliphatic carbocycles. The summed E-state index contributed by atoms with van der Waals surface area (Å²) in [6.45, 7) is 12.5. The predicted octanol–water partition coefficient (Wildman–Crippen LogP) is 5.46. The number of anilines is 2. The van der Waals surface area contributed by atoms with Crippen LogP contribution in [0.4, 0.5) is 11.4 Å². The molecule has 1 aromatic heterocycles. The van der Waals surface area contributed by atoms with Crippen molar-refractivity contribution in [1.29, 1.82) is 0 Å². The highest BCUT2D eigenvalue weighted by molar-refractivity contribution is 5.92. The molecule has 0 saturated carbocycles. The number of carbonyl (C=O) groups is 1. The Labute approximate surface area is 173 Å². The standard InChI is InChI=1S/C24H30N4O/c1-6-19(7-2)13-24(29)28-21-11-9-10-20(14-21)18(5)27-22-12-17(4)23(26-15-22)16-25-8-3/h6-7,9-12,14-16,18,27H,1,8,13H2,2-5H3,(H,28,29)/b19-7+,25-16?/t18-/m0/s1. The predicted molar refractivity (Wildman–Crippen MR) is 123 cm³/mol. The van der Waals surface area contributed by atoms with Gasteiger partial charge in [-0.05, 0) is 62.6 Å². The minimum absolute atomic E-state index is 0.0556. The highest BCUT2D eigenvalue weighted by Gasteiger charge is 2.09. The van der Waals surface area contributed by atoms with Crippen molar-refractivity contribution in [3.8, 4) is 0 Å². The van der Waals surface area contributed by atoms with Crippen LogP contribution >= 0.6 is 0 Å². The third-order valence-corrected chi connectivity index (χ3v) is 4.57.